The van der Waals surface area contributed by atoms with E-state index in [1.54, 1.807) is 6.07 Å². The molecule has 1 aliphatic rings. The van der Waals surface area contributed by atoms with E-state index in [4.69, 9.17) is 16.9 Å². The zero-order valence-corrected chi connectivity index (χ0v) is 11.6. The first-order valence-corrected chi connectivity index (χ1v) is 6.80. The van der Waals surface area contributed by atoms with E-state index in [1.165, 1.54) is 25.7 Å². The number of nitriles is 1. The third-order valence-electron chi connectivity index (χ3n) is 3.86. The van der Waals surface area contributed by atoms with Crippen molar-refractivity contribution in [2.24, 2.45) is 5.92 Å². The summed E-state index contributed by atoms with van der Waals surface area (Å²) in [6.07, 6.45) is 5.07. The molecule has 2 atom stereocenters. The quantitative estimate of drug-likeness (QED) is 0.818. The van der Waals surface area contributed by atoms with Crippen LogP contribution in [0.2, 0.25) is 5.02 Å². The Kier molecular flexibility index (Phi) is 4.08. The molecule has 0 aliphatic heterocycles. The first-order valence-electron chi connectivity index (χ1n) is 6.43. The highest BCUT2D eigenvalue weighted by atomic mass is 35.5. The van der Waals surface area contributed by atoms with Gasteiger partial charge < -0.3 is 4.90 Å². The van der Waals surface area contributed by atoms with E-state index in [9.17, 15) is 0 Å². The minimum atomic E-state index is 0.310. The normalized spacial score (nSPS) is 23.4. The lowest BCUT2D eigenvalue weighted by Crippen LogP contribution is -2.39. The molecule has 0 bridgehead atoms. The summed E-state index contributed by atoms with van der Waals surface area (Å²) in [4.78, 5) is 6.53. The summed E-state index contributed by atoms with van der Waals surface area (Å²) in [6.45, 7) is 2.29. The van der Waals surface area contributed by atoms with Gasteiger partial charge >= 0.3 is 0 Å². The SMILES string of the molecule is CC1CCCCC1N(C)c1ccc(Cl)c(C#N)n1. The lowest BCUT2D eigenvalue weighted by molar-refractivity contribution is 0.320. The van der Waals surface area contributed by atoms with Gasteiger partial charge in [-0.05, 0) is 30.9 Å². The highest BCUT2D eigenvalue weighted by molar-refractivity contribution is 6.31. The van der Waals surface area contributed by atoms with Gasteiger partial charge in [0, 0.05) is 13.1 Å². The molecule has 0 saturated heterocycles. The smallest absolute Gasteiger partial charge is 0.161 e. The van der Waals surface area contributed by atoms with Crippen molar-refractivity contribution in [3.05, 3.63) is 22.8 Å². The van der Waals surface area contributed by atoms with Crippen molar-refractivity contribution in [1.29, 1.82) is 5.26 Å². The standard InChI is InChI=1S/C14H18ClN3/c1-10-5-3-4-6-13(10)18(2)14-8-7-11(15)12(9-16)17-14/h7-8,10,13H,3-6H2,1-2H3. The van der Waals surface area contributed by atoms with Crippen LogP contribution in [-0.2, 0) is 0 Å². The van der Waals surface area contributed by atoms with E-state index in [0.29, 0.717) is 22.7 Å². The number of rotatable bonds is 2. The van der Waals surface area contributed by atoms with Crippen molar-refractivity contribution in [2.45, 2.75) is 38.6 Å². The van der Waals surface area contributed by atoms with Crippen molar-refractivity contribution < 1.29 is 0 Å². The molecule has 2 unspecified atom stereocenters. The molecule has 1 aromatic rings. The van der Waals surface area contributed by atoms with Crippen LogP contribution in [0.4, 0.5) is 5.82 Å². The van der Waals surface area contributed by atoms with Crippen LogP contribution >= 0.6 is 11.6 Å². The maximum absolute atomic E-state index is 8.97. The van der Waals surface area contributed by atoms with Gasteiger partial charge in [0.15, 0.2) is 5.69 Å². The predicted octanol–water partition coefficient (Wildman–Crippen LogP) is 3.62. The van der Waals surface area contributed by atoms with E-state index >= 15 is 0 Å². The Balaban J connectivity index is 2.22. The van der Waals surface area contributed by atoms with Crippen molar-refractivity contribution in [2.75, 3.05) is 11.9 Å². The molecule has 0 aromatic carbocycles. The maximum atomic E-state index is 8.97. The van der Waals surface area contributed by atoms with Crippen LogP contribution in [0.1, 0.15) is 38.3 Å². The summed E-state index contributed by atoms with van der Waals surface area (Å²) in [6, 6.07) is 6.20. The summed E-state index contributed by atoms with van der Waals surface area (Å²) in [5, 5.41) is 9.39. The first kappa shape index (κ1) is 13.2. The second kappa shape index (κ2) is 5.58. The van der Waals surface area contributed by atoms with Gasteiger partial charge in [-0.15, -0.1) is 0 Å². The molecule has 1 fully saturated rings. The van der Waals surface area contributed by atoms with E-state index < -0.39 is 0 Å². The Morgan fingerprint density at radius 1 is 1.39 bits per heavy atom. The van der Waals surface area contributed by atoms with E-state index in [-0.39, 0.29) is 0 Å². The molecule has 0 N–H and O–H groups in total. The number of anilines is 1. The molecule has 4 heteroatoms. The van der Waals surface area contributed by atoms with Crippen LogP contribution in [0, 0.1) is 17.2 Å². The molecular formula is C14H18ClN3. The van der Waals surface area contributed by atoms with Crippen LogP contribution in [0.25, 0.3) is 0 Å². The Labute approximate surface area is 113 Å². The molecule has 1 aromatic heterocycles. The van der Waals surface area contributed by atoms with Crippen LogP contribution < -0.4 is 4.90 Å². The van der Waals surface area contributed by atoms with Crippen molar-refractivity contribution in [1.82, 2.24) is 4.98 Å². The largest absolute Gasteiger partial charge is 0.356 e. The highest BCUT2D eigenvalue weighted by Gasteiger charge is 2.26. The molecule has 96 valence electrons. The van der Waals surface area contributed by atoms with E-state index in [0.717, 1.165) is 5.82 Å². The van der Waals surface area contributed by atoms with Gasteiger partial charge in [-0.3, -0.25) is 0 Å². The number of aromatic nitrogens is 1. The summed E-state index contributed by atoms with van der Waals surface area (Å²) in [7, 11) is 2.06. The van der Waals surface area contributed by atoms with Crippen LogP contribution in [0.3, 0.4) is 0 Å². The summed E-state index contributed by atoms with van der Waals surface area (Å²) >= 11 is 5.91. The number of hydrogen-bond donors (Lipinski definition) is 0. The molecule has 1 saturated carbocycles. The fraction of sp³-hybridized carbons (Fsp3) is 0.571. The lowest BCUT2D eigenvalue weighted by Gasteiger charge is -2.37. The third kappa shape index (κ3) is 2.59. The van der Waals surface area contributed by atoms with Gasteiger partial charge in [0.1, 0.15) is 11.9 Å². The van der Waals surface area contributed by atoms with Gasteiger partial charge in [-0.1, -0.05) is 31.4 Å². The van der Waals surface area contributed by atoms with Crippen LogP contribution in [-0.4, -0.2) is 18.1 Å². The zero-order chi connectivity index (χ0) is 13.1. The van der Waals surface area contributed by atoms with E-state index in [2.05, 4.69) is 23.9 Å². The Morgan fingerprint density at radius 3 is 2.78 bits per heavy atom. The topological polar surface area (TPSA) is 39.9 Å². The number of halogens is 1. The fourth-order valence-electron chi connectivity index (χ4n) is 2.75. The average Bonchev–Trinajstić information content (AvgIpc) is 2.39. The van der Waals surface area contributed by atoms with Gasteiger partial charge in [-0.25, -0.2) is 4.98 Å². The first-order chi connectivity index (χ1) is 8.63. The number of pyridine rings is 1. The molecule has 0 spiro atoms. The zero-order valence-electron chi connectivity index (χ0n) is 10.9. The summed E-state index contributed by atoms with van der Waals surface area (Å²) < 4.78 is 0. The lowest BCUT2D eigenvalue weighted by atomic mass is 9.85. The molecule has 2 rings (SSSR count). The van der Waals surface area contributed by atoms with Gasteiger partial charge in [0.05, 0.1) is 5.02 Å². The highest BCUT2D eigenvalue weighted by Crippen LogP contribution is 2.30. The van der Waals surface area contributed by atoms with Gasteiger partial charge in [-0.2, -0.15) is 5.26 Å². The second-order valence-corrected chi connectivity index (χ2v) is 5.46. The number of hydrogen-bond acceptors (Lipinski definition) is 3. The summed E-state index contributed by atoms with van der Waals surface area (Å²) in [5.41, 5.74) is 0.310. The molecule has 1 heterocycles. The minimum Gasteiger partial charge on any atom is -0.356 e. The van der Waals surface area contributed by atoms with Crippen LogP contribution in [0.15, 0.2) is 12.1 Å². The molecule has 0 radical (unpaired) electrons. The van der Waals surface area contributed by atoms with Crippen molar-refractivity contribution in [3.63, 3.8) is 0 Å². The predicted molar refractivity (Wildman–Crippen MR) is 73.8 cm³/mol. The van der Waals surface area contributed by atoms with Gasteiger partial charge in [0.2, 0.25) is 0 Å². The minimum absolute atomic E-state index is 0.310. The van der Waals surface area contributed by atoms with Crippen LogP contribution in [0.5, 0.6) is 0 Å². The molecule has 0 amide bonds. The molecule has 3 nitrogen and oxygen atoms in total. The maximum Gasteiger partial charge on any atom is 0.161 e. The summed E-state index contributed by atoms with van der Waals surface area (Å²) in [5.74, 6) is 1.52. The number of nitrogens with zero attached hydrogens (tertiary/aromatic N) is 3. The molecule has 1 aliphatic carbocycles. The molecular weight excluding hydrogens is 246 g/mol. The van der Waals surface area contributed by atoms with Gasteiger partial charge in [0.25, 0.3) is 0 Å². The van der Waals surface area contributed by atoms with E-state index in [1.807, 2.05) is 12.1 Å². The Morgan fingerprint density at radius 2 is 2.11 bits per heavy atom. The van der Waals surface area contributed by atoms with Crippen molar-refractivity contribution in [3.8, 4) is 6.07 Å². The van der Waals surface area contributed by atoms with Crippen molar-refractivity contribution >= 4 is 17.4 Å². The third-order valence-corrected chi connectivity index (χ3v) is 4.17. The average molecular weight is 264 g/mol. The Bertz CT molecular complexity index is 467. The monoisotopic (exact) mass is 263 g/mol. The second-order valence-electron chi connectivity index (χ2n) is 5.05. The fourth-order valence-corrected chi connectivity index (χ4v) is 2.90. The molecule has 18 heavy (non-hydrogen) atoms. The Hall–Kier alpha value is -1.27.